The third kappa shape index (κ3) is 4.41. The maximum atomic E-state index is 13.6. The van der Waals surface area contributed by atoms with Gasteiger partial charge in [0.15, 0.2) is 0 Å². The maximum absolute atomic E-state index is 13.6. The predicted molar refractivity (Wildman–Crippen MR) is 105 cm³/mol. The number of nitrogens with one attached hydrogen (secondary N) is 1. The molecule has 0 aromatic heterocycles. The average Bonchev–Trinajstić information content (AvgIpc) is 3.56. The SMILES string of the molecule is O=C(NCC1CC1)C1CC(c2ccccc2)CN(C(=O)c2cccc(F)c2)C1. The molecule has 4 rings (SSSR count). The molecule has 146 valence electrons. The smallest absolute Gasteiger partial charge is 0.253 e. The first-order chi connectivity index (χ1) is 13.6. The van der Waals surface area contributed by atoms with Gasteiger partial charge in [-0.2, -0.15) is 0 Å². The first-order valence-corrected chi connectivity index (χ1v) is 9.97. The number of carbonyl (C=O) groups excluding carboxylic acids is 2. The molecule has 0 bridgehead atoms. The molecule has 1 aliphatic heterocycles. The number of piperidine rings is 1. The van der Waals surface area contributed by atoms with Crippen molar-refractivity contribution >= 4 is 11.8 Å². The zero-order chi connectivity index (χ0) is 19.5. The molecule has 2 unspecified atom stereocenters. The van der Waals surface area contributed by atoms with Gasteiger partial charge in [-0.05, 0) is 48.9 Å². The lowest BCUT2D eigenvalue weighted by atomic mass is 9.83. The number of likely N-dealkylation sites (tertiary alicyclic amines) is 1. The lowest BCUT2D eigenvalue weighted by Crippen LogP contribution is -2.48. The normalized spacial score (nSPS) is 22.0. The fourth-order valence-electron chi connectivity index (χ4n) is 3.94. The third-order valence-electron chi connectivity index (χ3n) is 5.71. The molecule has 2 fully saturated rings. The van der Waals surface area contributed by atoms with Crippen molar-refractivity contribution in [2.24, 2.45) is 11.8 Å². The van der Waals surface area contributed by atoms with E-state index in [1.54, 1.807) is 17.0 Å². The standard InChI is InChI=1S/C23H25FN2O2/c24-21-8-4-7-18(12-21)23(28)26-14-19(17-5-2-1-3-6-17)11-20(15-26)22(27)25-13-16-9-10-16/h1-8,12,16,19-20H,9-11,13-15H2,(H,25,27). The van der Waals surface area contributed by atoms with Gasteiger partial charge in [-0.1, -0.05) is 36.4 Å². The molecule has 1 heterocycles. The minimum absolute atomic E-state index is 0.0181. The summed E-state index contributed by atoms with van der Waals surface area (Å²) < 4.78 is 13.6. The van der Waals surface area contributed by atoms with Crippen LogP contribution in [0.1, 0.15) is 41.1 Å². The summed E-state index contributed by atoms with van der Waals surface area (Å²) in [5.41, 5.74) is 1.45. The molecule has 5 heteroatoms. The average molecular weight is 380 g/mol. The van der Waals surface area contributed by atoms with E-state index in [-0.39, 0.29) is 23.7 Å². The molecular weight excluding hydrogens is 355 g/mol. The Morgan fingerprint density at radius 3 is 2.54 bits per heavy atom. The predicted octanol–water partition coefficient (Wildman–Crippen LogP) is 3.60. The second-order valence-electron chi connectivity index (χ2n) is 7.95. The highest BCUT2D eigenvalue weighted by molar-refractivity contribution is 5.94. The molecule has 2 atom stereocenters. The van der Waals surface area contributed by atoms with Crippen LogP contribution in [0.15, 0.2) is 54.6 Å². The van der Waals surface area contributed by atoms with Gasteiger partial charge < -0.3 is 10.2 Å². The Kier molecular flexibility index (Phi) is 5.42. The van der Waals surface area contributed by atoms with Gasteiger partial charge in [0, 0.05) is 31.1 Å². The van der Waals surface area contributed by atoms with E-state index >= 15 is 0 Å². The molecule has 4 nitrogen and oxygen atoms in total. The molecule has 28 heavy (non-hydrogen) atoms. The van der Waals surface area contributed by atoms with Gasteiger partial charge in [0.1, 0.15) is 5.82 Å². The van der Waals surface area contributed by atoms with E-state index in [9.17, 15) is 14.0 Å². The van der Waals surface area contributed by atoms with E-state index in [2.05, 4.69) is 5.32 Å². The summed E-state index contributed by atoms with van der Waals surface area (Å²) in [6, 6.07) is 15.8. The summed E-state index contributed by atoms with van der Waals surface area (Å²) >= 11 is 0. The molecule has 2 aliphatic rings. The Morgan fingerprint density at radius 2 is 1.82 bits per heavy atom. The fraction of sp³-hybridized carbons (Fsp3) is 0.391. The summed E-state index contributed by atoms with van der Waals surface area (Å²) in [5, 5.41) is 3.06. The van der Waals surface area contributed by atoms with Crippen molar-refractivity contribution in [2.75, 3.05) is 19.6 Å². The number of halogens is 1. The highest BCUT2D eigenvalue weighted by Gasteiger charge is 2.35. The van der Waals surface area contributed by atoms with Crippen molar-refractivity contribution in [3.63, 3.8) is 0 Å². The molecule has 2 aromatic rings. The number of nitrogens with zero attached hydrogens (tertiary/aromatic N) is 1. The molecule has 1 saturated carbocycles. The topological polar surface area (TPSA) is 49.4 Å². The quantitative estimate of drug-likeness (QED) is 0.862. The second-order valence-corrected chi connectivity index (χ2v) is 7.95. The molecule has 1 saturated heterocycles. The third-order valence-corrected chi connectivity index (χ3v) is 5.71. The van der Waals surface area contributed by atoms with E-state index < -0.39 is 5.82 Å². The Balaban J connectivity index is 1.54. The van der Waals surface area contributed by atoms with Crippen molar-refractivity contribution < 1.29 is 14.0 Å². The van der Waals surface area contributed by atoms with Crippen LogP contribution in [0, 0.1) is 17.7 Å². The van der Waals surface area contributed by atoms with E-state index in [0.29, 0.717) is 31.0 Å². The van der Waals surface area contributed by atoms with Crippen molar-refractivity contribution in [3.8, 4) is 0 Å². The molecule has 0 radical (unpaired) electrons. The van der Waals surface area contributed by atoms with Gasteiger partial charge in [0.25, 0.3) is 5.91 Å². The van der Waals surface area contributed by atoms with Crippen LogP contribution < -0.4 is 5.32 Å². The molecule has 2 aromatic carbocycles. The summed E-state index contributed by atoms with van der Waals surface area (Å²) in [6.45, 7) is 1.63. The number of carbonyl (C=O) groups is 2. The summed E-state index contributed by atoms with van der Waals surface area (Å²) in [4.78, 5) is 27.5. The van der Waals surface area contributed by atoms with E-state index in [4.69, 9.17) is 0 Å². The van der Waals surface area contributed by atoms with E-state index in [1.165, 1.54) is 25.0 Å². The number of benzene rings is 2. The van der Waals surface area contributed by atoms with Crippen LogP contribution in [0.2, 0.25) is 0 Å². The Labute approximate surface area is 164 Å². The number of amides is 2. The number of rotatable bonds is 5. The Morgan fingerprint density at radius 1 is 1.04 bits per heavy atom. The molecule has 0 spiro atoms. The van der Waals surface area contributed by atoms with Crippen molar-refractivity contribution in [3.05, 3.63) is 71.5 Å². The Bertz CT molecular complexity index is 851. The highest BCUT2D eigenvalue weighted by atomic mass is 19.1. The fourth-order valence-corrected chi connectivity index (χ4v) is 3.94. The molecule has 2 amide bonds. The molecule has 1 N–H and O–H groups in total. The lowest BCUT2D eigenvalue weighted by Gasteiger charge is -2.37. The molecule has 1 aliphatic carbocycles. The van der Waals surface area contributed by atoms with Crippen LogP contribution in [-0.2, 0) is 4.79 Å². The van der Waals surface area contributed by atoms with E-state index in [0.717, 1.165) is 12.1 Å². The zero-order valence-corrected chi connectivity index (χ0v) is 15.8. The first-order valence-electron chi connectivity index (χ1n) is 9.97. The van der Waals surface area contributed by atoms with E-state index in [1.807, 2.05) is 30.3 Å². The van der Waals surface area contributed by atoms with Gasteiger partial charge >= 0.3 is 0 Å². The van der Waals surface area contributed by atoms with Gasteiger partial charge in [0.2, 0.25) is 5.91 Å². The maximum Gasteiger partial charge on any atom is 0.253 e. The molecular formula is C23H25FN2O2. The first kappa shape index (κ1) is 18.7. The number of hydrogen-bond donors (Lipinski definition) is 1. The van der Waals surface area contributed by atoms with Crippen LogP contribution in [0.5, 0.6) is 0 Å². The van der Waals surface area contributed by atoms with Gasteiger partial charge in [-0.15, -0.1) is 0 Å². The van der Waals surface area contributed by atoms with Crippen molar-refractivity contribution in [1.82, 2.24) is 10.2 Å². The van der Waals surface area contributed by atoms with Crippen LogP contribution in [-0.4, -0.2) is 36.3 Å². The number of hydrogen-bond acceptors (Lipinski definition) is 2. The zero-order valence-electron chi connectivity index (χ0n) is 15.8. The highest BCUT2D eigenvalue weighted by Crippen LogP contribution is 2.32. The van der Waals surface area contributed by atoms with Crippen molar-refractivity contribution in [2.45, 2.75) is 25.2 Å². The summed E-state index contributed by atoms with van der Waals surface area (Å²) in [7, 11) is 0. The summed E-state index contributed by atoms with van der Waals surface area (Å²) in [5.74, 6) is -0.187. The van der Waals surface area contributed by atoms with Gasteiger partial charge in [-0.25, -0.2) is 4.39 Å². The lowest BCUT2D eigenvalue weighted by molar-refractivity contribution is -0.126. The Hall–Kier alpha value is -2.69. The van der Waals surface area contributed by atoms with Crippen molar-refractivity contribution in [1.29, 1.82) is 0 Å². The summed E-state index contributed by atoms with van der Waals surface area (Å²) in [6.07, 6.45) is 3.08. The van der Waals surface area contributed by atoms with Gasteiger partial charge in [-0.3, -0.25) is 9.59 Å². The minimum atomic E-state index is -0.429. The van der Waals surface area contributed by atoms with Crippen LogP contribution in [0.25, 0.3) is 0 Å². The largest absolute Gasteiger partial charge is 0.356 e. The van der Waals surface area contributed by atoms with Crippen LogP contribution in [0.4, 0.5) is 4.39 Å². The van der Waals surface area contributed by atoms with Gasteiger partial charge in [0.05, 0.1) is 5.92 Å². The second kappa shape index (κ2) is 8.13. The van der Waals surface area contributed by atoms with Crippen LogP contribution in [0.3, 0.4) is 0 Å². The minimum Gasteiger partial charge on any atom is -0.356 e. The van der Waals surface area contributed by atoms with Crippen LogP contribution >= 0.6 is 0 Å². The monoisotopic (exact) mass is 380 g/mol.